The molecular formula is C9H16N4O2. The maximum atomic E-state index is 11.2. The fraction of sp³-hybridized carbons (Fsp3) is 0.556. The first-order valence-corrected chi connectivity index (χ1v) is 4.72. The van der Waals surface area contributed by atoms with Gasteiger partial charge in [-0.05, 0) is 6.92 Å². The van der Waals surface area contributed by atoms with Crippen molar-refractivity contribution in [2.24, 2.45) is 5.73 Å². The lowest BCUT2D eigenvalue weighted by Crippen LogP contribution is -2.32. The molecule has 6 heteroatoms. The highest BCUT2D eigenvalue weighted by Crippen LogP contribution is 2.02. The van der Waals surface area contributed by atoms with Crippen LogP contribution in [0.4, 0.5) is 5.82 Å². The summed E-state index contributed by atoms with van der Waals surface area (Å²) in [7, 11) is 1.63. The number of ether oxygens (including phenoxy) is 1. The molecule has 1 amide bonds. The van der Waals surface area contributed by atoms with Crippen LogP contribution in [0.3, 0.4) is 0 Å². The molecule has 1 aromatic rings. The summed E-state index contributed by atoms with van der Waals surface area (Å²) in [4.78, 5) is 11.2. The van der Waals surface area contributed by atoms with E-state index in [4.69, 9.17) is 10.5 Å². The molecule has 3 N–H and O–H groups in total. The molecule has 1 rings (SSSR count). The zero-order valence-corrected chi connectivity index (χ0v) is 8.93. The van der Waals surface area contributed by atoms with Crippen molar-refractivity contribution in [2.75, 3.05) is 19.0 Å². The van der Waals surface area contributed by atoms with E-state index in [9.17, 15) is 4.79 Å². The van der Waals surface area contributed by atoms with Gasteiger partial charge in [-0.2, -0.15) is 5.10 Å². The van der Waals surface area contributed by atoms with Gasteiger partial charge in [0.2, 0.25) is 5.91 Å². The Bertz CT molecular complexity index is 322. The molecule has 15 heavy (non-hydrogen) atoms. The summed E-state index contributed by atoms with van der Waals surface area (Å²) in [5, 5.41) is 6.72. The molecule has 0 bridgehead atoms. The van der Waals surface area contributed by atoms with Crippen molar-refractivity contribution in [2.45, 2.75) is 19.5 Å². The van der Waals surface area contributed by atoms with Gasteiger partial charge >= 0.3 is 0 Å². The van der Waals surface area contributed by atoms with Crippen molar-refractivity contribution in [1.82, 2.24) is 9.78 Å². The Kier molecular flexibility index (Phi) is 4.26. The summed E-state index contributed by atoms with van der Waals surface area (Å²) >= 11 is 0. The Morgan fingerprint density at radius 2 is 2.53 bits per heavy atom. The van der Waals surface area contributed by atoms with Crippen molar-refractivity contribution in [3.05, 3.63) is 12.3 Å². The van der Waals surface area contributed by atoms with Crippen LogP contribution >= 0.6 is 0 Å². The summed E-state index contributed by atoms with van der Waals surface area (Å²) in [5.41, 5.74) is 5.40. The molecule has 1 heterocycles. The van der Waals surface area contributed by atoms with Gasteiger partial charge in [0.05, 0.1) is 19.2 Å². The third kappa shape index (κ3) is 3.69. The van der Waals surface area contributed by atoms with E-state index in [-0.39, 0.29) is 5.91 Å². The van der Waals surface area contributed by atoms with Crippen LogP contribution in [0.25, 0.3) is 0 Å². The predicted octanol–water partition coefficient (Wildman–Crippen LogP) is -0.185. The van der Waals surface area contributed by atoms with Crippen LogP contribution in [0.15, 0.2) is 12.3 Å². The number of hydrogen-bond acceptors (Lipinski definition) is 4. The zero-order chi connectivity index (χ0) is 11.3. The van der Waals surface area contributed by atoms with Gasteiger partial charge in [-0.3, -0.25) is 9.48 Å². The molecule has 0 aromatic carbocycles. The van der Waals surface area contributed by atoms with Crippen molar-refractivity contribution in [1.29, 1.82) is 0 Å². The predicted molar refractivity (Wildman–Crippen MR) is 56.4 cm³/mol. The standard InChI is InChI=1S/C9H16N4O2/c1-7(10)9(14)11-8-3-4-13(12-8)5-6-15-2/h3-4,7H,5-6,10H2,1-2H3,(H,11,12,14)/t7-/m1/s1. The van der Waals surface area contributed by atoms with Gasteiger partial charge in [0.25, 0.3) is 0 Å². The van der Waals surface area contributed by atoms with Crippen LogP contribution in [0.2, 0.25) is 0 Å². The minimum atomic E-state index is -0.533. The maximum Gasteiger partial charge on any atom is 0.242 e. The lowest BCUT2D eigenvalue weighted by molar-refractivity contribution is -0.117. The van der Waals surface area contributed by atoms with Crippen LogP contribution in [-0.2, 0) is 16.1 Å². The van der Waals surface area contributed by atoms with E-state index >= 15 is 0 Å². The van der Waals surface area contributed by atoms with Gasteiger partial charge < -0.3 is 15.8 Å². The number of rotatable bonds is 5. The van der Waals surface area contributed by atoms with Crippen LogP contribution in [0, 0.1) is 0 Å². The number of nitrogens with two attached hydrogens (primary N) is 1. The molecule has 6 nitrogen and oxygen atoms in total. The number of amides is 1. The lowest BCUT2D eigenvalue weighted by Gasteiger charge is -2.04. The number of carbonyl (C=O) groups excluding carboxylic acids is 1. The first kappa shape index (κ1) is 11.7. The summed E-state index contributed by atoms with van der Waals surface area (Å²) in [6, 6.07) is 1.18. The number of methoxy groups -OCH3 is 1. The second kappa shape index (κ2) is 5.47. The SMILES string of the molecule is COCCn1ccc(NC(=O)[C@@H](C)N)n1. The summed E-state index contributed by atoms with van der Waals surface area (Å²) in [6.45, 7) is 2.87. The molecule has 84 valence electrons. The van der Waals surface area contributed by atoms with E-state index in [1.54, 1.807) is 31.0 Å². The Morgan fingerprint density at radius 1 is 1.80 bits per heavy atom. The molecule has 0 aliphatic rings. The van der Waals surface area contributed by atoms with Gasteiger partial charge in [0.15, 0.2) is 5.82 Å². The second-order valence-corrected chi connectivity index (χ2v) is 3.23. The monoisotopic (exact) mass is 212 g/mol. The van der Waals surface area contributed by atoms with Gasteiger partial charge in [-0.25, -0.2) is 0 Å². The molecule has 0 aliphatic carbocycles. The van der Waals surface area contributed by atoms with E-state index < -0.39 is 6.04 Å². The Hall–Kier alpha value is -1.40. The molecular weight excluding hydrogens is 196 g/mol. The smallest absolute Gasteiger partial charge is 0.242 e. The topological polar surface area (TPSA) is 82.2 Å². The van der Waals surface area contributed by atoms with Gasteiger partial charge in [0, 0.05) is 19.4 Å². The van der Waals surface area contributed by atoms with Gasteiger partial charge in [-0.1, -0.05) is 0 Å². The normalized spacial score (nSPS) is 12.5. The molecule has 0 radical (unpaired) electrons. The zero-order valence-electron chi connectivity index (χ0n) is 8.93. The van der Waals surface area contributed by atoms with Gasteiger partial charge in [0.1, 0.15) is 0 Å². The molecule has 0 spiro atoms. The average molecular weight is 212 g/mol. The maximum absolute atomic E-state index is 11.2. The van der Waals surface area contributed by atoms with E-state index in [0.29, 0.717) is 19.0 Å². The van der Waals surface area contributed by atoms with Gasteiger partial charge in [-0.15, -0.1) is 0 Å². The molecule has 0 fully saturated rings. The minimum Gasteiger partial charge on any atom is -0.383 e. The number of hydrogen-bond donors (Lipinski definition) is 2. The summed E-state index contributed by atoms with van der Waals surface area (Å²) in [6.07, 6.45) is 1.77. The van der Waals surface area contributed by atoms with E-state index in [0.717, 1.165) is 0 Å². The Balaban J connectivity index is 2.49. The molecule has 0 saturated heterocycles. The number of carbonyl (C=O) groups is 1. The number of nitrogens with one attached hydrogen (secondary N) is 1. The van der Waals surface area contributed by atoms with E-state index in [1.807, 2.05) is 0 Å². The van der Waals surface area contributed by atoms with Crippen molar-refractivity contribution < 1.29 is 9.53 Å². The highest BCUT2D eigenvalue weighted by atomic mass is 16.5. The Morgan fingerprint density at radius 3 is 3.13 bits per heavy atom. The van der Waals surface area contributed by atoms with E-state index in [2.05, 4.69) is 10.4 Å². The first-order valence-electron chi connectivity index (χ1n) is 4.72. The van der Waals surface area contributed by atoms with Crippen LogP contribution in [-0.4, -0.2) is 35.4 Å². The van der Waals surface area contributed by atoms with Crippen LogP contribution in [0.1, 0.15) is 6.92 Å². The third-order valence-corrected chi connectivity index (χ3v) is 1.83. The first-order chi connectivity index (χ1) is 7.13. The van der Waals surface area contributed by atoms with Crippen molar-refractivity contribution in [3.8, 4) is 0 Å². The largest absolute Gasteiger partial charge is 0.383 e. The fourth-order valence-electron chi connectivity index (χ4n) is 0.978. The molecule has 0 aliphatic heterocycles. The molecule has 1 atom stereocenters. The molecule has 0 saturated carbocycles. The van der Waals surface area contributed by atoms with Crippen molar-refractivity contribution >= 4 is 11.7 Å². The quantitative estimate of drug-likeness (QED) is 0.709. The average Bonchev–Trinajstić information content (AvgIpc) is 2.62. The summed E-state index contributed by atoms with van der Waals surface area (Å²) in [5.74, 6) is 0.264. The Labute approximate surface area is 88.4 Å². The number of anilines is 1. The fourth-order valence-corrected chi connectivity index (χ4v) is 0.978. The molecule has 1 aromatic heterocycles. The minimum absolute atomic E-state index is 0.244. The third-order valence-electron chi connectivity index (χ3n) is 1.83. The van der Waals surface area contributed by atoms with E-state index in [1.165, 1.54) is 0 Å². The lowest BCUT2D eigenvalue weighted by atomic mass is 10.3. The number of aromatic nitrogens is 2. The second-order valence-electron chi connectivity index (χ2n) is 3.23. The molecule has 0 unspecified atom stereocenters. The van der Waals surface area contributed by atoms with Crippen LogP contribution < -0.4 is 11.1 Å². The number of nitrogens with zero attached hydrogens (tertiary/aromatic N) is 2. The van der Waals surface area contributed by atoms with Crippen LogP contribution in [0.5, 0.6) is 0 Å². The highest BCUT2D eigenvalue weighted by Gasteiger charge is 2.08. The van der Waals surface area contributed by atoms with Crippen molar-refractivity contribution in [3.63, 3.8) is 0 Å². The highest BCUT2D eigenvalue weighted by molar-refractivity contribution is 5.93. The summed E-state index contributed by atoms with van der Waals surface area (Å²) < 4.78 is 6.60.